The number of fused-ring (bicyclic) bond motifs is 1. The maximum Gasteiger partial charge on any atom is 0.341 e. The Kier molecular flexibility index (Phi) is 5.26. The number of carbonyl (C=O) groups excluding carboxylic acids is 2. The maximum absolute atomic E-state index is 12.3. The van der Waals surface area contributed by atoms with Crippen molar-refractivity contribution < 1.29 is 14.3 Å². The number of thiophene rings is 1. The fourth-order valence-electron chi connectivity index (χ4n) is 2.76. The van der Waals surface area contributed by atoms with Crippen LogP contribution in [0, 0.1) is 6.92 Å². The molecule has 6 heteroatoms. The number of nitrogens with one attached hydrogen (secondary N) is 1. The molecule has 1 aromatic carbocycles. The Morgan fingerprint density at radius 2 is 2.00 bits per heavy atom. The molecule has 0 saturated carbocycles. The number of benzene rings is 1. The van der Waals surface area contributed by atoms with Crippen molar-refractivity contribution in [2.24, 2.45) is 0 Å². The van der Waals surface area contributed by atoms with Crippen LogP contribution < -0.4 is 5.32 Å². The number of methoxy groups -OCH3 is 1. The van der Waals surface area contributed by atoms with Gasteiger partial charge >= 0.3 is 5.97 Å². The van der Waals surface area contributed by atoms with Crippen LogP contribution >= 0.6 is 23.1 Å². The van der Waals surface area contributed by atoms with E-state index in [0.717, 1.165) is 29.7 Å². The van der Waals surface area contributed by atoms with Gasteiger partial charge in [-0.1, -0.05) is 17.7 Å². The van der Waals surface area contributed by atoms with Crippen molar-refractivity contribution in [3.05, 3.63) is 45.8 Å². The van der Waals surface area contributed by atoms with Crippen LogP contribution in [0.25, 0.3) is 0 Å². The highest BCUT2D eigenvalue weighted by molar-refractivity contribution is 8.00. The zero-order valence-corrected chi connectivity index (χ0v) is 15.3. The number of amides is 1. The van der Waals surface area contributed by atoms with Crippen LogP contribution in [0.2, 0.25) is 0 Å². The molecule has 0 unspecified atom stereocenters. The number of carbonyl (C=O) groups is 2. The van der Waals surface area contributed by atoms with Crippen molar-refractivity contribution in [1.82, 2.24) is 0 Å². The summed E-state index contributed by atoms with van der Waals surface area (Å²) < 4.78 is 4.89. The second-order valence-electron chi connectivity index (χ2n) is 5.70. The third-order valence-corrected chi connectivity index (χ3v) is 6.17. The molecule has 1 aromatic heterocycles. The third kappa shape index (κ3) is 3.65. The number of rotatable bonds is 5. The standard InChI is InChI=1S/C18H19NO3S2/c1-11-6-8-12(9-7-11)23-10-15(20)19-17-16(18(21)22-2)13-4-3-5-14(13)24-17/h6-9H,3-5,10H2,1-2H3,(H,19,20). The van der Waals surface area contributed by atoms with E-state index in [4.69, 9.17) is 4.74 Å². The van der Waals surface area contributed by atoms with Gasteiger partial charge in [0.05, 0.1) is 18.4 Å². The van der Waals surface area contributed by atoms with Crippen LogP contribution in [0.1, 0.15) is 32.8 Å². The van der Waals surface area contributed by atoms with Crippen LogP contribution in [-0.2, 0) is 22.4 Å². The summed E-state index contributed by atoms with van der Waals surface area (Å²) in [6, 6.07) is 8.07. The number of thioether (sulfide) groups is 1. The smallest absolute Gasteiger partial charge is 0.341 e. The van der Waals surface area contributed by atoms with Gasteiger partial charge in [0.15, 0.2) is 0 Å². The molecule has 0 fully saturated rings. The van der Waals surface area contributed by atoms with Gasteiger partial charge in [-0.25, -0.2) is 4.79 Å². The molecular formula is C18H19NO3S2. The fourth-order valence-corrected chi connectivity index (χ4v) is 4.75. The second-order valence-corrected chi connectivity index (χ2v) is 7.86. The molecule has 2 aromatic rings. The summed E-state index contributed by atoms with van der Waals surface area (Å²) in [6.07, 6.45) is 2.91. The van der Waals surface area contributed by atoms with Crippen molar-refractivity contribution in [2.75, 3.05) is 18.2 Å². The molecule has 0 radical (unpaired) electrons. The lowest BCUT2D eigenvalue weighted by molar-refractivity contribution is -0.113. The molecular weight excluding hydrogens is 342 g/mol. The molecule has 4 nitrogen and oxygen atoms in total. The minimum Gasteiger partial charge on any atom is -0.465 e. The quantitative estimate of drug-likeness (QED) is 0.644. The van der Waals surface area contributed by atoms with Crippen LogP contribution in [-0.4, -0.2) is 24.7 Å². The Morgan fingerprint density at radius 1 is 1.25 bits per heavy atom. The summed E-state index contributed by atoms with van der Waals surface area (Å²) >= 11 is 2.99. The first-order valence-electron chi connectivity index (χ1n) is 7.80. The number of hydrogen-bond donors (Lipinski definition) is 1. The molecule has 1 N–H and O–H groups in total. The highest BCUT2D eigenvalue weighted by atomic mass is 32.2. The van der Waals surface area contributed by atoms with Gasteiger partial charge in [-0.05, 0) is 43.9 Å². The minimum atomic E-state index is -0.365. The van der Waals surface area contributed by atoms with E-state index in [2.05, 4.69) is 5.32 Å². The summed E-state index contributed by atoms with van der Waals surface area (Å²) in [5.74, 6) is -0.159. The van der Waals surface area contributed by atoms with Crippen molar-refractivity contribution in [1.29, 1.82) is 0 Å². The van der Waals surface area contributed by atoms with Gasteiger partial charge in [-0.2, -0.15) is 0 Å². The van der Waals surface area contributed by atoms with Gasteiger partial charge < -0.3 is 10.1 Å². The Hall–Kier alpha value is -1.79. The first-order valence-corrected chi connectivity index (χ1v) is 9.61. The summed E-state index contributed by atoms with van der Waals surface area (Å²) in [6.45, 7) is 2.03. The molecule has 0 atom stereocenters. The van der Waals surface area contributed by atoms with Crippen molar-refractivity contribution in [2.45, 2.75) is 31.1 Å². The molecule has 24 heavy (non-hydrogen) atoms. The zero-order chi connectivity index (χ0) is 17.1. The fraction of sp³-hybridized carbons (Fsp3) is 0.333. The first-order chi connectivity index (χ1) is 11.6. The third-order valence-electron chi connectivity index (χ3n) is 3.95. The normalized spacial score (nSPS) is 12.8. The Morgan fingerprint density at radius 3 is 2.71 bits per heavy atom. The van der Waals surface area contributed by atoms with E-state index >= 15 is 0 Å². The van der Waals surface area contributed by atoms with Crippen molar-refractivity contribution in [3.63, 3.8) is 0 Å². The Labute approximate surface area is 149 Å². The molecule has 1 aliphatic carbocycles. The highest BCUT2D eigenvalue weighted by Gasteiger charge is 2.27. The molecule has 1 heterocycles. The average Bonchev–Trinajstić information content (AvgIpc) is 3.14. The van der Waals surface area contributed by atoms with Gasteiger partial charge in [0, 0.05) is 9.77 Å². The van der Waals surface area contributed by atoms with E-state index in [1.54, 1.807) is 0 Å². The van der Waals surface area contributed by atoms with Gasteiger partial charge in [-0.3, -0.25) is 4.79 Å². The number of anilines is 1. The molecule has 126 valence electrons. The van der Waals surface area contributed by atoms with E-state index in [9.17, 15) is 9.59 Å². The molecule has 0 aliphatic heterocycles. The number of hydrogen-bond acceptors (Lipinski definition) is 5. The van der Waals surface area contributed by atoms with Crippen molar-refractivity contribution in [3.8, 4) is 0 Å². The van der Waals surface area contributed by atoms with E-state index in [-0.39, 0.29) is 11.9 Å². The largest absolute Gasteiger partial charge is 0.465 e. The predicted octanol–water partition coefficient (Wildman–Crippen LogP) is 4.06. The predicted molar refractivity (Wildman–Crippen MR) is 98.2 cm³/mol. The lowest BCUT2D eigenvalue weighted by Gasteiger charge is -2.07. The van der Waals surface area contributed by atoms with Crippen molar-refractivity contribution >= 4 is 40.0 Å². The van der Waals surface area contributed by atoms with Gasteiger partial charge in [0.25, 0.3) is 0 Å². The van der Waals surface area contributed by atoms with Crippen LogP contribution in [0.3, 0.4) is 0 Å². The van der Waals surface area contributed by atoms with Gasteiger partial charge in [0.1, 0.15) is 5.00 Å². The van der Waals surface area contributed by atoms with E-state index in [1.807, 2.05) is 31.2 Å². The molecule has 1 aliphatic rings. The van der Waals surface area contributed by atoms with E-state index < -0.39 is 0 Å². The number of esters is 1. The zero-order valence-electron chi connectivity index (χ0n) is 13.7. The topological polar surface area (TPSA) is 55.4 Å². The number of ether oxygens (including phenoxy) is 1. The minimum absolute atomic E-state index is 0.106. The summed E-state index contributed by atoms with van der Waals surface area (Å²) in [5, 5.41) is 3.52. The van der Waals surface area contributed by atoms with Crippen LogP contribution in [0.4, 0.5) is 5.00 Å². The summed E-state index contributed by atoms with van der Waals surface area (Å²) in [7, 11) is 1.38. The molecule has 1 amide bonds. The first kappa shape index (κ1) is 17.0. The number of aryl methyl sites for hydroxylation is 2. The SMILES string of the molecule is COC(=O)c1c(NC(=O)CSc2ccc(C)cc2)sc2c1CCC2. The van der Waals surface area contributed by atoms with E-state index in [1.165, 1.54) is 40.6 Å². The van der Waals surface area contributed by atoms with E-state index in [0.29, 0.717) is 16.3 Å². The van der Waals surface area contributed by atoms with Crippen LogP contribution in [0.5, 0.6) is 0 Å². The lowest BCUT2D eigenvalue weighted by Crippen LogP contribution is -2.16. The molecule has 3 rings (SSSR count). The van der Waals surface area contributed by atoms with Gasteiger partial charge in [0.2, 0.25) is 5.91 Å². The lowest BCUT2D eigenvalue weighted by atomic mass is 10.1. The molecule has 0 spiro atoms. The Bertz CT molecular complexity index is 765. The Balaban J connectivity index is 1.68. The molecule has 0 saturated heterocycles. The monoisotopic (exact) mass is 361 g/mol. The van der Waals surface area contributed by atoms with Gasteiger partial charge in [-0.15, -0.1) is 23.1 Å². The van der Waals surface area contributed by atoms with Crippen LogP contribution in [0.15, 0.2) is 29.2 Å². The molecule has 0 bridgehead atoms. The summed E-state index contributed by atoms with van der Waals surface area (Å²) in [4.78, 5) is 26.6. The average molecular weight is 361 g/mol. The highest BCUT2D eigenvalue weighted by Crippen LogP contribution is 2.39. The summed E-state index contributed by atoms with van der Waals surface area (Å²) in [5.41, 5.74) is 2.79. The second kappa shape index (κ2) is 7.40. The maximum atomic E-state index is 12.3.